The van der Waals surface area contributed by atoms with Gasteiger partial charge in [0.15, 0.2) is 0 Å². The highest BCUT2D eigenvalue weighted by Crippen LogP contribution is 2.23. The van der Waals surface area contributed by atoms with Gasteiger partial charge in [0.2, 0.25) is 0 Å². The topological polar surface area (TPSA) is 51.9 Å². The van der Waals surface area contributed by atoms with Crippen molar-refractivity contribution in [3.8, 4) is 0 Å². The molecule has 0 saturated heterocycles. The van der Waals surface area contributed by atoms with Gasteiger partial charge < -0.3 is 9.88 Å². The Kier molecular flexibility index (Phi) is 3.43. The van der Waals surface area contributed by atoms with Crippen LogP contribution in [0, 0.1) is 0 Å². The van der Waals surface area contributed by atoms with E-state index in [0.717, 1.165) is 17.4 Å². The lowest BCUT2D eigenvalue weighted by atomic mass is 10.2. The first-order valence-electron chi connectivity index (χ1n) is 6.67. The first-order chi connectivity index (χ1) is 10.1. The molecule has 3 aromatic rings. The average Bonchev–Trinajstić information content (AvgIpc) is 3.04. The second-order valence-electron chi connectivity index (χ2n) is 4.83. The second-order valence-corrected chi connectivity index (χ2v) is 5.27. The molecule has 0 bridgehead atoms. The first kappa shape index (κ1) is 13.7. The van der Waals surface area contributed by atoms with E-state index in [1.165, 1.54) is 0 Å². The predicted molar refractivity (Wildman–Crippen MR) is 83.8 cm³/mol. The Balaban J connectivity index is 1.92. The van der Waals surface area contributed by atoms with E-state index in [2.05, 4.69) is 10.4 Å². The van der Waals surface area contributed by atoms with Crippen LogP contribution in [0.1, 0.15) is 17.4 Å². The lowest BCUT2D eigenvalue weighted by Gasteiger charge is -2.04. The molecule has 0 fully saturated rings. The van der Waals surface area contributed by atoms with E-state index in [1.54, 1.807) is 17.1 Å². The fourth-order valence-corrected chi connectivity index (χ4v) is 2.48. The molecule has 0 atom stereocenters. The number of anilines is 1. The smallest absolute Gasteiger partial charge is 0.272 e. The Morgan fingerprint density at radius 1 is 1.38 bits per heavy atom. The molecule has 5 nitrogen and oxygen atoms in total. The molecule has 1 amide bonds. The van der Waals surface area contributed by atoms with Crippen LogP contribution in [-0.4, -0.2) is 20.3 Å². The van der Waals surface area contributed by atoms with Crippen LogP contribution < -0.4 is 5.32 Å². The summed E-state index contributed by atoms with van der Waals surface area (Å²) in [6.07, 6.45) is 3.44. The number of aromatic nitrogens is 3. The van der Waals surface area contributed by atoms with E-state index in [-0.39, 0.29) is 5.91 Å². The van der Waals surface area contributed by atoms with Gasteiger partial charge in [-0.1, -0.05) is 17.7 Å². The summed E-state index contributed by atoms with van der Waals surface area (Å²) in [5.74, 6) is -0.166. The van der Waals surface area contributed by atoms with Crippen LogP contribution in [0.15, 0.2) is 36.7 Å². The van der Waals surface area contributed by atoms with E-state index in [0.29, 0.717) is 16.4 Å². The summed E-state index contributed by atoms with van der Waals surface area (Å²) in [5, 5.41) is 8.62. The van der Waals surface area contributed by atoms with E-state index in [1.807, 2.05) is 42.8 Å². The third-order valence-corrected chi connectivity index (χ3v) is 3.69. The van der Waals surface area contributed by atoms with Gasteiger partial charge in [-0.15, -0.1) is 0 Å². The predicted octanol–water partition coefficient (Wildman–Crippen LogP) is 3.30. The molecule has 0 aliphatic carbocycles. The van der Waals surface area contributed by atoms with Crippen molar-refractivity contribution in [3.05, 3.63) is 47.4 Å². The van der Waals surface area contributed by atoms with Gasteiger partial charge in [0, 0.05) is 35.7 Å². The van der Waals surface area contributed by atoms with Gasteiger partial charge >= 0.3 is 0 Å². The maximum absolute atomic E-state index is 12.4. The van der Waals surface area contributed by atoms with Crippen molar-refractivity contribution in [2.24, 2.45) is 7.05 Å². The van der Waals surface area contributed by atoms with Crippen molar-refractivity contribution < 1.29 is 4.79 Å². The summed E-state index contributed by atoms with van der Waals surface area (Å²) in [4.78, 5) is 12.4. The summed E-state index contributed by atoms with van der Waals surface area (Å²) in [6, 6.07) is 7.43. The SMILES string of the molecule is CCn1cc(NC(=O)c2cc3ccc(Cl)cc3n2C)cn1. The number of nitrogens with one attached hydrogen (secondary N) is 1. The Morgan fingerprint density at radius 2 is 2.19 bits per heavy atom. The van der Waals surface area contributed by atoms with Gasteiger partial charge in [0.1, 0.15) is 5.69 Å². The Bertz CT molecular complexity index is 818. The maximum atomic E-state index is 12.4. The van der Waals surface area contributed by atoms with Crippen LogP contribution in [0.4, 0.5) is 5.69 Å². The third kappa shape index (κ3) is 2.52. The largest absolute Gasteiger partial charge is 0.340 e. The Morgan fingerprint density at radius 3 is 2.90 bits per heavy atom. The average molecular weight is 303 g/mol. The number of carbonyl (C=O) groups excluding carboxylic acids is 1. The zero-order valence-electron chi connectivity index (χ0n) is 11.8. The molecule has 1 aromatic carbocycles. The van der Waals surface area contributed by atoms with Crippen molar-refractivity contribution in [2.45, 2.75) is 13.5 Å². The number of hydrogen-bond donors (Lipinski definition) is 1. The first-order valence-corrected chi connectivity index (χ1v) is 7.05. The molecular formula is C15H15ClN4O. The van der Waals surface area contributed by atoms with Gasteiger partial charge in [-0.25, -0.2) is 0 Å². The number of fused-ring (bicyclic) bond motifs is 1. The number of aryl methyl sites for hydroxylation is 2. The molecule has 0 aliphatic rings. The van der Waals surface area contributed by atoms with Crippen LogP contribution in [0.2, 0.25) is 5.02 Å². The third-order valence-electron chi connectivity index (χ3n) is 3.46. The number of carbonyl (C=O) groups is 1. The minimum Gasteiger partial charge on any atom is -0.340 e. The number of amides is 1. The van der Waals surface area contributed by atoms with E-state index >= 15 is 0 Å². The summed E-state index contributed by atoms with van der Waals surface area (Å²) in [6.45, 7) is 2.76. The summed E-state index contributed by atoms with van der Waals surface area (Å²) in [5.41, 5.74) is 2.19. The van der Waals surface area contributed by atoms with Gasteiger partial charge in [-0.05, 0) is 25.1 Å². The van der Waals surface area contributed by atoms with Gasteiger partial charge in [0.25, 0.3) is 5.91 Å². The standard InChI is InChI=1S/C15H15ClN4O/c1-3-20-9-12(8-17-20)18-15(21)14-6-10-4-5-11(16)7-13(10)19(14)2/h4-9H,3H2,1-2H3,(H,18,21). The van der Waals surface area contributed by atoms with Crippen molar-refractivity contribution >= 4 is 34.1 Å². The number of rotatable bonds is 3. The Hall–Kier alpha value is -2.27. The van der Waals surface area contributed by atoms with Crippen LogP contribution in [0.3, 0.4) is 0 Å². The molecule has 108 valence electrons. The molecule has 21 heavy (non-hydrogen) atoms. The lowest BCUT2D eigenvalue weighted by Crippen LogP contribution is -2.15. The molecule has 1 N–H and O–H groups in total. The molecule has 0 saturated carbocycles. The fourth-order valence-electron chi connectivity index (χ4n) is 2.32. The molecule has 2 heterocycles. The zero-order chi connectivity index (χ0) is 15.0. The van der Waals surface area contributed by atoms with Gasteiger partial charge in [0.05, 0.1) is 11.9 Å². The van der Waals surface area contributed by atoms with Crippen molar-refractivity contribution in [1.82, 2.24) is 14.3 Å². The van der Waals surface area contributed by atoms with Crippen LogP contribution in [0.5, 0.6) is 0 Å². The lowest BCUT2D eigenvalue weighted by molar-refractivity contribution is 0.102. The summed E-state index contributed by atoms with van der Waals surface area (Å²) < 4.78 is 3.59. The van der Waals surface area contributed by atoms with Crippen LogP contribution >= 0.6 is 11.6 Å². The normalized spacial score (nSPS) is 11.0. The minimum absolute atomic E-state index is 0.166. The molecule has 0 spiro atoms. The van der Waals surface area contributed by atoms with E-state index in [9.17, 15) is 4.79 Å². The molecule has 2 aromatic heterocycles. The van der Waals surface area contributed by atoms with Crippen molar-refractivity contribution in [3.63, 3.8) is 0 Å². The number of benzene rings is 1. The van der Waals surface area contributed by atoms with Crippen LogP contribution in [-0.2, 0) is 13.6 Å². The Labute approximate surface area is 127 Å². The molecule has 0 aliphatic heterocycles. The summed E-state index contributed by atoms with van der Waals surface area (Å²) >= 11 is 6.00. The maximum Gasteiger partial charge on any atom is 0.272 e. The van der Waals surface area contributed by atoms with Crippen LogP contribution in [0.25, 0.3) is 10.9 Å². The number of nitrogens with zero attached hydrogens (tertiary/aromatic N) is 3. The molecule has 6 heteroatoms. The van der Waals surface area contributed by atoms with Crippen molar-refractivity contribution in [1.29, 1.82) is 0 Å². The highest BCUT2D eigenvalue weighted by atomic mass is 35.5. The molecule has 3 rings (SSSR count). The second kappa shape index (κ2) is 5.26. The quantitative estimate of drug-likeness (QED) is 0.807. The zero-order valence-corrected chi connectivity index (χ0v) is 12.6. The monoisotopic (exact) mass is 302 g/mol. The van der Waals surface area contributed by atoms with Crippen molar-refractivity contribution in [2.75, 3.05) is 5.32 Å². The fraction of sp³-hybridized carbons (Fsp3) is 0.200. The molecular weight excluding hydrogens is 288 g/mol. The summed E-state index contributed by atoms with van der Waals surface area (Å²) in [7, 11) is 1.85. The van der Waals surface area contributed by atoms with Gasteiger partial charge in [-0.2, -0.15) is 5.10 Å². The number of hydrogen-bond acceptors (Lipinski definition) is 2. The molecule has 0 unspecified atom stereocenters. The minimum atomic E-state index is -0.166. The highest BCUT2D eigenvalue weighted by Gasteiger charge is 2.14. The van der Waals surface area contributed by atoms with E-state index in [4.69, 9.17) is 11.6 Å². The molecule has 0 radical (unpaired) electrons. The van der Waals surface area contributed by atoms with Gasteiger partial charge in [-0.3, -0.25) is 9.48 Å². The number of halogens is 1. The van der Waals surface area contributed by atoms with E-state index < -0.39 is 0 Å². The highest BCUT2D eigenvalue weighted by molar-refractivity contribution is 6.31.